The average molecular weight is 568 g/mol. The number of allylic oxidation sites excluding steroid dienone is 2. The zero-order valence-electron chi connectivity index (χ0n) is 25.5. The van der Waals surface area contributed by atoms with Crippen molar-refractivity contribution in [3.05, 3.63) is 114 Å². The van der Waals surface area contributed by atoms with Crippen LogP contribution in [0.5, 0.6) is 0 Å². The maximum absolute atomic E-state index is 5.30. The van der Waals surface area contributed by atoms with Crippen molar-refractivity contribution in [3.8, 4) is 44.5 Å². The lowest BCUT2D eigenvalue weighted by molar-refractivity contribution is 1.14. The molecular weight excluding hydrogens is 534 g/mol. The molecule has 9 rings (SSSR count). The number of hydrogen-bond acceptors (Lipinski definition) is 1. The van der Waals surface area contributed by atoms with E-state index in [1.807, 2.05) is 0 Å². The molecule has 0 fully saturated rings. The molecule has 212 valence electrons. The summed E-state index contributed by atoms with van der Waals surface area (Å²) in [5, 5.41) is 2.63. The van der Waals surface area contributed by atoms with Gasteiger partial charge in [-0.2, -0.15) is 0 Å². The lowest BCUT2D eigenvalue weighted by Crippen LogP contribution is -1.82. The molecule has 0 saturated heterocycles. The molecule has 0 amide bonds. The molecule has 0 saturated carbocycles. The maximum atomic E-state index is 5.30. The molecule has 3 heteroatoms. The van der Waals surface area contributed by atoms with Gasteiger partial charge in [0.25, 0.3) is 0 Å². The van der Waals surface area contributed by atoms with Crippen LogP contribution < -0.4 is 0 Å². The van der Waals surface area contributed by atoms with Crippen LogP contribution in [0.3, 0.4) is 0 Å². The highest BCUT2D eigenvalue weighted by molar-refractivity contribution is 6.22. The lowest BCUT2D eigenvalue weighted by atomic mass is 10.0. The number of aryl methyl sites for hydroxylation is 2. The molecular formula is C41H33N3. The number of H-pyrrole nitrogens is 2. The number of nitrogens with zero attached hydrogens (tertiary/aromatic N) is 1. The SMILES string of the molecule is CCC1=C(C)c2cc3cc(cc4[nH]c(cc5[nH]c(cc1n2)c1c5-c2cccc5cccc-1c25)c(CC)c4C)-c1ccccc1-3. The minimum absolute atomic E-state index is 0.932. The van der Waals surface area contributed by atoms with E-state index in [0.29, 0.717) is 0 Å². The largest absolute Gasteiger partial charge is 0.355 e. The fourth-order valence-corrected chi connectivity index (χ4v) is 7.94. The van der Waals surface area contributed by atoms with Gasteiger partial charge in [0.15, 0.2) is 0 Å². The topological polar surface area (TPSA) is 44.5 Å². The number of hydrogen-bond donors (Lipinski definition) is 2. The minimum Gasteiger partial charge on any atom is -0.355 e. The number of benzene rings is 3. The zero-order valence-corrected chi connectivity index (χ0v) is 25.5. The standard InChI is InChI=1S/C41H33N3/c1-5-27-22(3)33-18-25-17-26(30-14-8-7-13-29(25)30)19-34-23(4)28(6-2)36(43-34)21-38-41-32-16-10-12-24-11-9-15-31(39(24)32)40(41)37(44-38)20-35(27)42-33/h7-21,42,44H,5-6H2,1-4H3. The summed E-state index contributed by atoms with van der Waals surface area (Å²) >= 11 is 0. The Morgan fingerprint density at radius 3 is 1.89 bits per heavy atom. The van der Waals surface area contributed by atoms with Crippen molar-refractivity contribution in [2.45, 2.75) is 40.5 Å². The van der Waals surface area contributed by atoms with Crippen LogP contribution in [0.4, 0.5) is 0 Å². The Kier molecular flexibility index (Phi) is 5.29. The summed E-state index contributed by atoms with van der Waals surface area (Å²) in [4.78, 5) is 13.0. The quantitative estimate of drug-likeness (QED) is 0.214. The van der Waals surface area contributed by atoms with Gasteiger partial charge >= 0.3 is 0 Å². The number of aromatic nitrogens is 3. The van der Waals surface area contributed by atoms with Crippen LogP contribution in [-0.4, -0.2) is 15.0 Å². The highest BCUT2D eigenvalue weighted by Gasteiger charge is 2.27. The van der Waals surface area contributed by atoms with Gasteiger partial charge in [-0.05, 0) is 123 Å². The molecule has 0 unspecified atom stereocenters. The van der Waals surface area contributed by atoms with Gasteiger partial charge in [0.1, 0.15) is 0 Å². The number of fused-ring (bicyclic) bond motifs is 16. The fourth-order valence-electron chi connectivity index (χ4n) is 7.94. The van der Waals surface area contributed by atoms with Gasteiger partial charge in [0.2, 0.25) is 0 Å². The second-order valence-electron chi connectivity index (χ2n) is 12.3. The summed E-state index contributed by atoms with van der Waals surface area (Å²) in [6.07, 6.45) is 1.89. The summed E-state index contributed by atoms with van der Waals surface area (Å²) in [7, 11) is 0. The van der Waals surface area contributed by atoms with Crippen molar-refractivity contribution in [2.75, 3.05) is 0 Å². The molecule has 1 aliphatic heterocycles. The molecule has 3 aliphatic rings. The highest BCUT2D eigenvalue weighted by Crippen LogP contribution is 2.51. The first-order valence-corrected chi connectivity index (χ1v) is 15.8. The van der Waals surface area contributed by atoms with Crippen molar-refractivity contribution >= 4 is 44.0 Å². The Hall–Kier alpha value is -5.15. The van der Waals surface area contributed by atoms with Crippen LogP contribution in [0.25, 0.3) is 88.5 Å². The second-order valence-corrected chi connectivity index (χ2v) is 12.3. The van der Waals surface area contributed by atoms with Gasteiger partial charge in [0, 0.05) is 33.2 Å². The van der Waals surface area contributed by atoms with Gasteiger partial charge in [-0.25, -0.2) is 4.98 Å². The van der Waals surface area contributed by atoms with E-state index in [1.165, 1.54) is 88.6 Å². The van der Waals surface area contributed by atoms with E-state index in [0.717, 1.165) is 35.3 Å². The Bertz CT molecular complexity index is 2420. The summed E-state index contributed by atoms with van der Waals surface area (Å²) in [6.45, 7) is 8.98. The Morgan fingerprint density at radius 2 is 1.20 bits per heavy atom. The molecule has 4 heterocycles. The van der Waals surface area contributed by atoms with Gasteiger partial charge in [-0.1, -0.05) is 74.5 Å². The van der Waals surface area contributed by atoms with E-state index in [4.69, 9.17) is 4.98 Å². The molecule has 3 aromatic heterocycles. The van der Waals surface area contributed by atoms with Crippen LogP contribution in [0.2, 0.25) is 0 Å². The third kappa shape index (κ3) is 3.41. The first-order valence-electron chi connectivity index (χ1n) is 15.8. The summed E-state index contributed by atoms with van der Waals surface area (Å²) in [5.41, 5.74) is 22.1. The summed E-state index contributed by atoms with van der Waals surface area (Å²) < 4.78 is 0. The van der Waals surface area contributed by atoms with Crippen LogP contribution >= 0.6 is 0 Å². The molecule has 2 aliphatic carbocycles. The third-order valence-corrected chi connectivity index (χ3v) is 10.1. The van der Waals surface area contributed by atoms with Crippen molar-refractivity contribution in [3.63, 3.8) is 0 Å². The van der Waals surface area contributed by atoms with Crippen LogP contribution in [-0.2, 0) is 6.42 Å². The van der Waals surface area contributed by atoms with Crippen molar-refractivity contribution < 1.29 is 0 Å². The van der Waals surface area contributed by atoms with Crippen molar-refractivity contribution in [1.82, 2.24) is 15.0 Å². The Labute approximate surface area is 257 Å². The number of rotatable bonds is 2. The Morgan fingerprint density at radius 1 is 0.568 bits per heavy atom. The van der Waals surface area contributed by atoms with Gasteiger partial charge in [0.05, 0.1) is 11.4 Å². The van der Waals surface area contributed by atoms with Gasteiger partial charge < -0.3 is 9.97 Å². The minimum atomic E-state index is 0.932. The van der Waals surface area contributed by atoms with Crippen LogP contribution in [0.15, 0.2) is 91.0 Å². The smallest absolute Gasteiger partial charge is 0.0693 e. The second kappa shape index (κ2) is 9.17. The third-order valence-electron chi connectivity index (χ3n) is 10.1. The normalized spacial score (nSPS) is 13.1. The molecule has 0 radical (unpaired) electrons. The first-order chi connectivity index (χ1) is 21.5. The average Bonchev–Trinajstić information content (AvgIpc) is 3.80. The molecule has 8 bridgehead atoms. The molecule has 0 spiro atoms. The van der Waals surface area contributed by atoms with E-state index < -0.39 is 0 Å². The van der Waals surface area contributed by atoms with Crippen LogP contribution in [0, 0.1) is 6.92 Å². The van der Waals surface area contributed by atoms with E-state index in [2.05, 4.69) is 129 Å². The number of aromatic amines is 2. The zero-order chi connectivity index (χ0) is 29.7. The molecule has 0 atom stereocenters. The number of nitrogens with one attached hydrogen (secondary N) is 2. The molecule has 2 N–H and O–H groups in total. The maximum Gasteiger partial charge on any atom is 0.0693 e. The summed E-state index contributed by atoms with van der Waals surface area (Å²) in [6, 6.07) is 33.7. The predicted molar refractivity (Wildman–Crippen MR) is 186 cm³/mol. The van der Waals surface area contributed by atoms with Crippen LogP contribution in [0.1, 0.15) is 49.7 Å². The molecule has 44 heavy (non-hydrogen) atoms. The predicted octanol–water partition coefficient (Wildman–Crippen LogP) is 11.3. The Balaban J connectivity index is 1.49. The molecule has 3 aromatic carbocycles. The van der Waals surface area contributed by atoms with E-state index >= 15 is 0 Å². The lowest BCUT2D eigenvalue weighted by Gasteiger charge is -2.03. The fraction of sp³-hybridized carbons (Fsp3) is 0.146. The summed E-state index contributed by atoms with van der Waals surface area (Å²) in [5.74, 6) is 0. The van der Waals surface area contributed by atoms with E-state index in [9.17, 15) is 0 Å². The first kappa shape index (κ1) is 25.4. The molecule has 3 nitrogen and oxygen atoms in total. The van der Waals surface area contributed by atoms with E-state index in [1.54, 1.807) is 0 Å². The monoisotopic (exact) mass is 567 g/mol. The van der Waals surface area contributed by atoms with Gasteiger partial charge in [-0.15, -0.1) is 0 Å². The van der Waals surface area contributed by atoms with Crippen molar-refractivity contribution in [2.24, 2.45) is 0 Å². The van der Waals surface area contributed by atoms with Crippen molar-refractivity contribution in [1.29, 1.82) is 0 Å². The molecule has 6 aromatic rings. The highest BCUT2D eigenvalue weighted by atomic mass is 14.8. The van der Waals surface area contributed by atoms with Gasteiger partial charge in [-0.3, -0.25) is 0 Å². The van der Waals surface area contributed by atoms with E-state index in [-0.39, 0.29) is 0 Å².